The van der Waals surface area contributed by atoms with Crippen LogP contribution in [0, 0.1) is 5.92 Å². The molecule has 0 bridgehead atoms. The van der Waals surface area contributed by atoms with Crippen molar-refractivity contribution < 1.29 is 14.3 Å². The fraction of sp³-hybridized carbons (Fsp3) is 0.500. The third-order valence-electron chi connectivity index (χ3n) is 4.33. The van der Waals surface area contributed by atoms with Gasteiger partial charge in [-0.15, -0.1) is 0 Å². The predicted molar refractivity (Wildman–Crippen MR) is 98.9 cm³/mol. The molecule has 1 N–H and O–H groups in total. The Bertz CT molecular complexity index is 611. The van der Waals surface area contributed by atoms with Crippen molar-refractivity contribution in [2.24, 2.45) is 5.92 Å². The van der Waals surface area contributed by atoms with Crippen LogP contribution in [-0.4, -0.2) is 49.6 Å². The van der Waals surface area contributed by atoms with Gasteiger partial charge in [-0.3, -0.25) is 9.69 Å². The van der Waals surface area contributed by atoms with Gasteiger partial charge in [0.1, 0.15) is 6.04 Å². The number of rotatable bonds is 7. The molecule has 0 saturated heterocycles. The monoisotopic (exact) mass is 344 g/mol. The zero-order valence-corrected chi connectivity index (χ0v) is 15.3. The third kappa shape index (κ3) is 6.02. The number of hydrogen-bond donors (Lipinski definition) is 1. The maximum absolute atomic E-state index is 12.3. The topological polar surface area (TPSA) is 58.6 Å². The normalized spacial score (nSPS) is 16.2. The summed E-state index contributed by atoms with van der Waals surface area (Å²) in [6.07, 6.45) is 3.68. The zero-order valence-electron chi connectivity index (χ0n) is 15.3. The van der Waals surface area contributed by atoms with Crippen LogP contribution in [0.3, 0.4) is 0 Å². The molecule has 1 aliphatic heterocycles. The van der Waals surface area contributed by atoms with Gasteiger partial charge in [0.2, 0.25) is 5.91 Å². The average Bonchev–Trinajstić information content (AvgIpc) is 2.61. The second kappa shape index (κ2) is 9.37. The van der Waals surface area contributed by atoms with E-state index in [-0.39, 0.29) is 11.9 Å². The highest BCUT2D eigenvalue weighted by atomic mass is 16.5. The molecule has 0 radical (unpaired) electrons. The van der Waals surface area contributed by atoms with Crippen molar-refractivity contribution in [2.75, 3.05) is 26.7 Å². The van der Waals surface area contributed by atoms with Crippen LogP contribution in [0.15, 0.2) is 36.4 Å². The van der Waals surface area contributed by atoms with E-state index in [1.807, 2.05) is 32.0 Å². The first kappa shape index (κ1) is 19.2. The van der Waals surface area contributed by atoms with E-state index in [1.54, 1.807) is 0 Å². The zero-order chi connectivity index (χ0) is 18.2. The van der Waals surface area contributed by atoms with Gasteiger partial charge in [0.25, 0.3) is 0 Å². The van der Waals surface area contributed by atoms with Crippen LogP contribution in [0.1, 0.15) is 32.3 Å². The van der Waals surface area contributed by atoms with Crippen LogP contribution >= 0.6 is 0 Å². The fourth-order valence-corrected chi connectivity index (χ4v) is 3.04. The van der Waals surface area contributed by atoms with E-state index in [4.69, 9.17) is 4.74 Å². The number of amides is 1. The van der Waals surface area contributed by atoms with Gasteiger partial charge in [-0.05, 0) is 29.9 Å². The maximum Gasteiger partial charge on any atom is 0.328 e. The van der Waals surface area contributed by atoms with Crippen molar-refractivity contribution in [3.8, 4) is 0 Å². The Labute approximate surface area is 150 Å². The number of nitrogens with one attached hydrogen (secondary N) is 1. The molecule has 1 amide bonds. The summed E-state index contributed by atoms with van der Waals surface area (Å²) in [4.78, 5) is 26.2. The summed E-state index contributed by atoms with van der Waals surface area (Å²) in [6.45, 7) is 5.90. The second-order valence-corrected chi connectivity index (χ2v) is 6.85. The van der Waals surface area contributed by atoms with Gasteiger partial charge in [-0.25, -0.2) is 4.79 Å². The summed E-state index contributed by atoms with van der Waals surface area (Å²) >= 11 is 0. The number of nitrogens with zero attached hydrogens (tertiary/aromatic N) is 1. The molecule has 0 saturated carbocycles. The molecule has 25 heavy (non-hydrogen) atoms. The Morgan fingerprint density at radius 1 is 1.24 bits per heavy atom. The molecule has 1 atom stereocenters. The van der Waals surface area contributed by atoms with Gasteiger partial charge in [0.05, 0.1) is 13.7 Å². The molecule has 0 fully saturated rings. The van der Waals surface area contributed by atoms with E-state index in [1.165, 1.54) is 18.2 Å². The molecule has 0 aliphatic carbocycles. The van der Waals surface area contributed by atoms with Crippen LogP contribution in [-0.2, 0) is 14.3 Å². The van der Waals surface area contributed by atoms with Crippen LogP contribution in [0.5, 0.6) is 0 Å². The SMILES string of the molecule is COC(=O)[C@H](CC(C)C)NC(=O)CN1CC=C(c2ccccc2)CC1. The van der Waals surface area contributed by atoms with Crippen LogP contribution in [0.4, 0.5) is 0 Å². The first-order chi connectivity index (χ1) is 12.0. The third-order valence-corrected chi connectivity index (χ3v) is 4.33. The lowest BCUT2D eigenvalue weighted by Gasteiger charge is -2.27. The minimum atomic E-state index is -0.572. The Morgan fingerprint density at radius 3 is 2.52 bits per heavy atom. The lowest BCUT2D eigenvalue weighted by Crippen LogP contribution is -2.47. The van der Waals surface area contributed by atoms with Gasteiger partial charge in [-0.1, -0.05) is 50.3 Å². The number of ether oxygens (including phenoxy) is 1. The minimum absolute atomic E-state index is 0.132. The van der Waals surface area contributed by atoms with E-state index in [0.717, 1.165) is 19.5 Å². The van der Waals surface area contributed by atoms with Crippen LogP contribution in [0.2, 0.25) is 0 Å². The lowest BCUT2D eigenvalue weighted by molar-refractivity contribution is -0.145. The van der Waals surface area contributed by atoms with Gasteiger partial charge in [0.15, 0.2) is 0 Å². The Balaban J connectivity index is 1.87. The highest BCUT2D eigenvalue weighted by molar-refractivity contribution is 5.85. The van der Waals surface area contributed by atoms with Crippen molar-refractivity contribution in [2.45, 2.75) is 32.7 Å². The summed E-state index contributed by atoms with van der Waals surface area (Å²) < 4.78 is 4.79. The highest BCUT2D eigenvalue weighted by Gasteiger charge is 2.24. The Kier molecular flexibility index (Phi) is 7.19. The number of carbonyl (C=O) groups excluding carboxylic acids is 2. The van der Waals surface area contributed by atoms with Crippen molar-refractivity contribution in [1.29, 1.82) is 0 Å². The molecule has 1 aromatic rings. The average molecular weight is 344 g/mol. The van der Waals surface area contributed by atoms with Crippen molar-refractivity contribution >= 4 is 17.4 Å². The van der Waals surface area contributed by atoms with Crippen molar-refractivity contribution in [3.05, 3.63) is 42.0 Å². The number of carbonyl (C=O) groups is 2. The van der Waals surface area contributed by atoms with E-state index in [0.29, 0.717) is 18.9 Å². The first-order valence-electron chi connectivity index (χ1n) is 8.83. The summed E-state index contributed by atoms with van der Waals surface area (Å²) in [7, 11) is 1.35. The Morgan fingerprint density at radius 2 is 1.96 bits per heavy atom. The molecule has 1 heterocycles. The van der Waals surface area contributed by atoms with E-state index < -0.39 is 6.04 Å². The highest BCUT2D eigenvalue weighted by Crippen LogP contribution is 2.21. The summed E-state index contributed by atoms with van der Waals surface area (Å²) in [5, 5.41) is 2.81. The number of methoxy groups -OCH3 is 1. The molecular formula is C20H28N2O3. The minimum Gasteiger partial charge on any atom is -0.467 e. The number of hydrogen-bond acceptors (Lipinski definition) is 4. The summed E-state index contributed by atoms with van der Waals surface area (Å²) in [5.74, 6) is -0.213. The van der Waals surface area contributed by atoms with Gasteiger partial charge in [0, 0.05) is 13.1 Å². The molecule has 5 nitrogen and oxygen atoms in total. The van der Waals surface area contributed by atoms with Crippen molar-refractivity contribution in [3.63, 3.8) is 0 Å². The standard InChI is InChI=1S/C20H28N2O3/c1-15(2)13-18(20(24)25-3)21-19(23)14-22-11-9-17(10-12-22)16-7-5-4-6-8-16/h4-9,15,18H,10-14H2,1-3H3,(H,21,23)/t18-/m0/s1. The summed E-state index contributed by atoms with van der Waals surface area (Å²) in [6, 6.07) is 9.74. The summed E-state index contributed by atoms with van der Waals surface area (Å²) in [5.41, 5.74) is 2.57. The number of benzene rings is 1. The Hall–Kier alpha value is -2.14. The quantitative estimate of drug-likeness (QED) is 0.772. The molecule has 0 spiro atoms. The molecular weight excluding hydrogens is 316 g/mol. The second-order valence-electron chi connectivity index (χ2n) is 6.85. The predicted octanol–water partition coefficient (Wildman–Crippen LogP) is 2.48. The van der Waals surface area contributed by atoms with Gasteiger partial charge >= 0.3 is 5.97 Å². The van der Waals surface area contributed by atoms with Gasteiger partial charge in [-0.2, -0.15) is 0 Å². The fourth-order valence-electron chi connectivity index (χ4n) is 3.04. The smallest absolute Gasteiger partial charge is 0.328 e. The van der Waals surface area contributed by atoms with E-state index >= 15 is 0 Å². The van der Waals surface area contributed by atoms with Crippen LogP contribution < -0.4 is 5.32 Å². The van der Waals surface area contributed by atoms with E-state index in [2.05, 4.69) is 28.4 Å². The maximum atomic E-state index is 12.3. The molecule has 1 aromatic carbocycles. The number of esters is 1. The molecule has 1 aliphatic rings. The first-order valence-corrected chi connectivity index (χ1v) is 8.83. The molecule has 5 heteroatoms. The molecule has 0 aromatic heterocycles. The van der Waals surface area contributed by atoms with Crippen molar-refractivity contribution in [1.82, 2.24) is 10.2 Å². The molecule has 0 unspecified atom stereocenters. The largest absolute Gasteiger partial charge is 0.467 e. The molecule has 2 rings (SSSR count). The van der Waals surface area contributed by atoms with E-state index in [9.17, 15) is 9.59 Å². The van der Waals surface area contributed by atoms with Gasteiger partial charge < -0.3 is 10.1 Å². The molecule has 136 valence electrons. The van der Waals surface area contributed by atoms with Crippen LogP contribution in [0.25, 0.3) is 5.57 Å². The lowest BCUT2D eigenvalue weighted by atomic mass is 9.99.